The Kier molecular flexibility index (Phi) is 9.65. The minimum absolute atomic E-state index is 0. The molecular formula is C9H22Cl2N2. The van der Waals surface area contributed by atoms with Gasteiger partial charge in [0.05, 0.1) is 0 Å². The quantitative estimate of drug-likeness (QED) is 0.697. The van der Waals surface area contributed by atoms with E-state index in [4.69, 9.17) is 5.73 Å². The molecule has 2 nitrogen and oxygen atoms in total. The average Bonchev–Trinajstić information content (AvgIpc) is 2.13. The van der Waals surface area contributed by atoms with Gasteiger partial charge in [-0.1, -0.05) is 6.42 Å². The van der Waals surface area contributed by atoms with Gasteiger partial charge in [-0.25, -0.2) is 0 Å². The molecule has 2 unspecified atom stereocenters. The van der Waals surface area contributed by atoms with Crippen LogP contribution in [0.5, 0.6) is 0 Å². The second kappa shape index (κ2) is 7.86. The summed E-state index contributed by atoms with van der Waals surface area (Å²) in [5.74, 6) is 0. The van der Waals surface area contributed by atoms with Crippen LogP contribution in [-0.4, -0.2) is 31.1 Å². The molecule has 0 bridgehead atoms. The van der Waals surface area contributed by atoms with E-state index in [1.165, 1.54) is 32.1 Å². The topological polar surface area (TPSA) is 29.3 Å². The van der Waals surface area contributed by atoms with Gasteiger partial charge in [0.25, 0.3) is 0 Å². The van der Waals surface area contributed by atoms with Gasteiger partial charge in [0.2, 0.25) is 0 Å². The molecule has 0 radical (unpaired) electrons. The van der Waals surface area contributed by atoms with E-state index in [1.54, 1.807) is 0 Å². The van der Waals surface area contributed by atoms with Gasteiger partial charge in [-0.3, -0.25) is 0 Å². The lowest BCUT2D eigenvalue weighted by molar-refractivity contribution is 0.266. The van der Waals surface area contributed by atoms with Crippen LogP contribution in [0.4, 0.5) is 0 Å². The van der Waals surface area contributed by atoms with E-state index < -0.39 is 0 Å². The van der Waals surface area contributed by atoms with E-state index in [1.807, 2.05) is 0 Å². The average molecular weight is 229 g/mol. The third kappa shape index (κ3) is 5.74. The molecular weight excluding hydrogens is 207 g/mol. The fourth-order valence-corrected chi connectivity index (χ4v) is 1.83. The van der Waals surface area contributed by atoms with E-state index in [9.17, 15) is 0 Å². The highest BCUT2D eigenvalue weighted by Gasteiger charge is 2.17. The predicted octanol–water partition coefficient (Wildman–Crippen LogP) is 2.05. The summed E-state index contributed by atoms with van der Waals surface area (Å²) in [5.41, 5.74) is 5.88. The molecule has 2 N–H and O–H groups in total. The van der Waals surface area contributed by atoms with Gasteiger partial charge in [-0.2, -0.15) is 0 Å². The summed E-state index contributed by atoms with van der Waals surface area (Å²) < 4.78 is 0. The zero-order chi connectivity index (χ0) is 8.27. The zero-order valence-corrected chi connectivity index (χ0v) is 10.2. The molecule has 1 fully saturated rings. The fraction of sp³-hybridized carbons (Fsp3) is 1.00. The Morgan fingerprint density at radius 3 is 2.15 bits per heavy atom. The Morgan fingerprint density at radius 1 is 1.00 bits per heavy atom. The Morgan fingerprint density at radius 2 is 1.62 bits per heavy atom. The zero-order valence-electron chi connectivity index (χ0n) is 8.53. The van der Waals surface area contributed by atoms with E-state index >= 15 is 0 Å². The van der Waals surface area contributed by atoms with E-state index in [-0.39, 0.29) is 24.8 Å². The maximum Gasteiger partial charge on any atom is 0.00897 e. The molecule has 1 aliphatic carbocycles. The molecule has 0 aromatic carbocycles. The SMILES string of the molecule is CN(C)C1CCCC(N)CC1.Cl.Cl. The standard InChI is InChI=1S/C9H20N2.2ClH/c1-11(2)9-5-3-4-8(10)6-7-9;;/h8-9H,3-7,10H2,1-2H3;2*1H. The third-order valence-electron chi connectivity index (χ3n) is 2.71. The van der Waals surface area contributed by atoms with Gasteiger partial charge in [-0.05, 0) is 39.8 Å². The monoisotopic (exact) mass is 228 g/mol. The highest BCUT2D eigenvalue weighted by molar-refractivity contribution is 5.85. The van der Waals surface area contributed by atoms with Crippen LogP contribution in [0.3, 0.4) is 0 Å². The van der Waals surface area contributed by atoms with Crippen molar-refractivity contribution in [3.8, 4) is 0 Å². The van der Waals surface area contributed by atoms with Crippen LogP contribution in [0.1, 0.15) is 32.1 Å². The van der Waals surface area contributed by atoms with Crippen molar-refractivity contribution in [3.63, 3.8) is 0 Å². The first-order valence-corrected chi connectivity index (χ1v) is 4.62. The van der Waals surface area contributed by atoms with Crippen LogP contribution in [0.25, 0.3) is 0 Å². The van der Waals surface area contributed by atoms with Gasteiger partial charge < -0.3 is 10.6 Å². The van der Waals surface area contributed by atoms with Gasteiger partial charge in [-0.15, -0.1) is 24.8 Å². The molecule has 0 aromatic rings. The van der Waals surface area contributed by atoms with Crippen molar-refractivity contribution in [1.82, 2.24) is 4.90 Å². The number of nitrogens with zero attached hydrogens (tertiary/aromatic N) is 1. The highest BCUT2D eigenvalue weighted by Crippen LogP contribution is 2.19. The highest BCUT2D eigenvalue weighted by atomic mass is 35.5. The largest absolute Gasteiger partial charge is 0.328 e. The van der Waals surface area contributed by atoms with Crippen molar-refractivity contribution in [2.75, 3.05) is 14.1 Å². The van der Waals surface area contributed by atoms with Crippen molar-refractivity contribution < 1.29 is 0 Å². The van der Waals surface area contributed by atoms with Crippen LogP contribution in [0, 0.1) is 0 Å². The molecule has 0 heterocycles. The molecule has 2 atom stereocenters. The summed E-state index contributed by atoms with van der Waals surface area (Å²) >= 11 is 0. The molecule has 82 valence electrons. The smallest absolute Gasteiger partial charge is 0.00897 e. The van der Waals surface area contributed by atoms with Gasteiger partial charge in [0, 0.05) is 12.1 Å². The number of nitrogens with two attached hydrogens (primary N) is 1. The van der Waals surface area contributed by atoms with Gasteiger partial charge >= 0.3 is 0 Å². The minimum atomic E-state index is 0. The Labute approximate surface area is 94.1 Å². The van der Waals surface area contributed by atoms with Crippen LogP contribution >= 0.6 is 24.8 Å². The fourth-order valence-electron chi connectivity index (χ4n) is 1.83. The lowest BCUT2D eigenvalue weighted by Crippen LogP contribution is -2.27. The summed E-state index contributed by atoms with van der Waals surface area (Å²) in [6, 6.07) is 1.25. The van der Waals surface area contributed by atoms with Crippen molar-refractivity contribution in [1.29, 1.82) is 0 Å². The molecule has 1 rings (SSSR count). The molecule has 0 amide bonds. The molecule has 1 aliphatic rings. The molecule has 13 heavy (non-hydrogen) atoms. The van der Waals surface area contributed by atoms with Crippen molar-refractivity contribution in [2.24, 2.45) is 5.73 Å². The second-order valence-corrected chi connectivity index (χ2v) is 3.89. The Hall–Kier alpha value is 0.500. The number of halogens is 2. The van der Waals surface area contributed by atoms with Gasteiger partial charge in [0.15, 0.2) is 0 Å². The molecule has 0 aliphatic heterocycles. The van der Waals surface area contributed by atoms with Gasteiger partial charge in [0.1, 0.15) is 0 Å². The summed E-state index contributed by atoms with van der Waals surface area (Å²) in [7, 11) is 4.34. The number of hydrogen-bond acceptors (Lipinski definition) is 2. The first-order valence-electron chi connectivity index (χ1n) is 4.62. The molecule has 0 saturated heterocycles. The molecule has 4 heteroatoms. The van der Waals surface area contributed by atoms with E-state index in [0.717, 1.165) is 6.04 Å². The van der Waals surface area contributed by atoms with Crippen LogP contribution in [-0.2, 0) is 0 Å². The third-order valence-corrected chi connectivity index (χ3v) is 2.71. The first-order chi connectivity index (χ1) is 5.20. The van der Waals surface area contributed by atoms with E-state index in [2.05, 4.69) is 19.0 Å². The lowest BCUT2D eigenvalue weighted by atomic mass is 10.1. The summed E-state index contributed by atoms with van der Waals surface area (Å²) in [4.78, 5) is 2.33. The lowest BCUT2D eigenvalue weighted by Gasteiger charge is -2.22. The van der Waals surface area contributed by atoms with Crippen LogP contribution in [0.2, 0.25) is 0 Å². The summed E-state index contributed by atoms with van der Waals surface area (Å²) in [5, 5.41) is 0. The minimum Gasteiger partial charge on any atom is -0.328 e. The first kappa shape index (κ1) is 15.9. The van der Waals surface area contributed by atoms with Crippen LogP contribution in [0.15, 0.2) is 0 Å². The normalized spacial score (nSPS) is 28.6. The van der Waals surface area contributed by atoms with Crippen molar-refractivity contribution in [3.05, 3.63) is 0 Å². The number of hydrogen-bond donors (Lipinski definition) is 1. The summed E-state index contributed by atoms with van der Waals surface area (Å²) in [6.45, 7) is 0. The molecule has 1 saturated carbocycles. The summed E-state index contributed by atoms with van der Waals surface area (Å²) in [6.07, 6.45) is 6.37. The van der Waals surface area contributed by atoms with Crippen LogP contribution < -0.4 is 5.73 Å². The predicted molar refractivity (Wildman–Crippen MR) is 63.0 cm³/mol. The van der Waals surface area contributed by atoms with Crippen molar-refractivity contribution in [2.45, 2.75) is 44.2 Å². The second-order valence-electron chi connectivity index (χ2n) is 3.89. The Bertz CT molecular complexity index is 120. The molecule has 0 aromatic heterocycles. The maximum atomic E-state index is 5.88. The number of rotatable bonds is 1. The Balaban J connectivity index is 0. The maximum absolute atomic E-state index is 5.88. The molecule has 0 spiro atoms. The van der Waals surface area contributed by atoms with E-state index in [0.29, 0.717) is 6.04 Å². The van der Waals surface area contributed by atoms with Crippen molar-refractivity contribution >= 4 is 24.8 Å².